The van der Waals surface area contributed by atoms with Gasteiger partial charge in [-0.15, -0.1) is 0 Å². The first kappa shape index (κ1) is 14.2. The van der Waals surface area contributed by atoms with Gasteiger partial charge in [-0.1, -0.05) is 42.5 Å². The molecule has 0 spiro atoms. The smallest absolute Gasteiger partial charge is 0.267 e. The fraction of sp³-hybridized carbons (Fsp3) is 0. The summed E-state index contributed by atoms with van der Waals surface area (Å²) in [6, 6.07) is 19.5. The molecular formula is C18H14N2OS. The summed E-state index contributed by atoms with van der Waals surface area (Å²) in [5, 5.41) is 7.88. The minimum absolute atomic E-state index is 0.217. The van der Waals surface area contributed by atoms with Crippen LogP contribution in [-0.2, 0) is 0 Å². The van der Waals surface area contributed by atoms with Gasteiger partial charge in [-0.2, -0.15) is 16.4 Å². The third-order valence-corrected chi connectivity index (χ3v) is 3.88. The average molecular weight is 306 g/mol. The fourth-order valence-electron chi connectivity index (χ4n) is 2.02. The SMILES string of the molecule is O=C(N/N=C\c1ccsc1)c1ccc(-c2ccccc2)cc1. The van der Waals surface area contributed by atoms with E-state index in [2.05, 4.69) is 10.5 Å². The number of hydrogen-bond acceptors (Lipinski definition) is 3. The molecule has 1 amide bonds. The summed E-state index contributed by atoms with van der Waals surface area (Å²) in [5.74, 6) is -0.217. The maximum absolute atomic E-state index is 12.0. The highest BCUT2D eigenvalue weighted by atomic mass is 32.1. The molecule has 0 radical (unpaired) electrons. The average Bonchev–Trinajstić information content (AvgIpc) is 3.09. The number of hydrazone groups is 1. The lowest BCUT2D eigenvalue weighted by molar-refractivity contribution is 0.0955. The predicted octanol–water partition coefficient (Wildman–Crippen LogP) is 4.18. The van der Waals surface area contributed by atoms with Crippen LogP contribution in [0.3, 0.4) is 0 Å². The summed E-state index contributed by atoms with van der Waals surface area (Å²) in [6.07, 6.45) is 1.63. The van der Waals surface area contributed by atoms with Gasteiger partial charge in [0.1, 0.15) is 0 Å². The molecule has 0 bridgehead atoms. The molecule has 4 heteroatoms. The zero-order chi connectivity index (χ0) is 15.2. The number of amides is 1. The molecule has 108 valence electrons. The summed E-state index contributed by atoms with van der Waals surface area (Å²) in [4.78, 5) is 12.0. The topological polar surface area (TPSA) is 41.5 Å². The molecule has 0 aliphatic heterocycles. The van der Waals surface area contributed by atoms with Crippen LogP contribution in [0.1, 0.15) is 15.9 Å². The third-order valence-electron chi connectivity index (χ3n) is 3.18. The number of nitrogens with zero attached hydrogens (tertiary/aromatic N) is 1. The molecule has 22 heavy (non-hydrogen) atoms. The quantitative estimate of drug-likeness (QED) is 0.570. The number of carbonyl (C=O) groups excluding carboxylic acids is 1. The van der Waals surface area contributed by atoms with Crippen LogP contribution in [0.2, 0.25) is 0 Å². The molecule has 0 unspecified atom stereocenters. The van der Waals surface area contributed by atoms with E-state index in [0.29, 0.717) is 5.56 Å². The number of carbonyl (C=O) groups is 1. The fourth-order valence-corrected chi connectivity index (χ4v) is 2.63. The Labute approximate surface area is 132 Å². The molecule has 2 aromatic carbocycles. The summed E-state index contributed by atoms with van der Waals surface area (Å²) >= 11 is 1.59. The van der Waals surface area contributed by atoms with Crippen molar-refractivity contribution < 1.29 is 4.79 Å². The van der Waals surface area contributed by atoms with Gasteiger partial charge in [0.05, 0.1) is 6.21 Å². The van der Waals surface area contributed by atoms with Gasteiger partial charge < -0.3 is 0 Å². The van der Waals surface area contributed by atoms with Crippen molar-refractivity contribution in [3.8, 4) is 11.1 Å². The van der Waals surface area contributed by atoms with Gasteiger partial charge in [-0.3, -0.25) is 4.79 Å². The first-order valence-corrected chi connectivity index (χ1v) is 7.78. The van der Waals surface area contributed by atoms with E-state index in [1.165, 1.54) is 0 Å². The van der Waals surface area contributed by atoms with E-state index in [0.717, 1.165) is 16.7 Å². The number of hydrogen-bond donors (Lipinski definition) is 1. The van der Waals surface area contributed by atoms with Crippen molar-refractivity contribution in [2.45, 2.75) is 0 Å². The van der Waals surface area contributed by atoms with Crippen molar-refractivity contribution >= 4 is 23.5 Å². The van der Waals surface area contributed by atoms with Crippen LogP contribution in [-0.4, -0.2) is 12.1 Å². The zero-order valence-corrected chi connectivity index (χ0v) is 12.6. The maximum atomic E-state index is 12.0. The van der Waals surface area contributed by atoms with Crippen LogP contribution in [0.15, 0.2) is 76.5 Å². The summed E-state index contributed by atoms with van der Waals surface area (Å²) in [6.45, 7) is 0. The molecule has 1 aromatic heterocycles. The van der Waals surface area contributed by atoms with Crippen molar-refractivity contribution in [1.29, 1.82) is 0 Å². The van der Waals surface area contributed by atoms with E-state index < -0.39 is 0 Å². The molecule has 0 aliphatic carbocycles. The molecule has 0 atom stereocenters. The Balaban J connectivity index is 1.66. The zero-order valence-electron chi connectivity index (χ0n) is 11.8. The van der Waals surface area contributed by atoms with Gasteiger partial charge >= 0.3 is 0 Å². The van der Waals surface area contributed by atoms with Crippen LogP contribution < -0.4 is 5.43 Å². The van der Waals surface area contributed by atoms with Crippen LogP contribution in [0.4, 0.5) is 0 Å². The lowest BCUT2D eigenvalue weighted by Crippen LogP contribution is -2.17. The second-order valence-electron chi connectivity index (χ2n) is 4.70. The highest BCUT2D eigenvalue weighted by Gasteiger charge is 2.04. The van der Waals surface area contributed by atoms with Crippen LogP contribution in [0, 0.1) is 0 Å². The molecule has 0 saturated carbocycles. The third kappa shape index (κ3) is 3.48. The van der Waals surface area contributed by atoms with Crippen molar-refractivity contribution in [2.24, 2.45) is 5.10 Å². The molecule has 1 N–H and O–H groups in total. The van der Waals surface area contributed by atoms with E-state index in [1.807, 2.05) is 59.3 Å². The Morgan fingerprint density at radius 3 is 2.36 bits per heavy atom. The Bertz CT molecular complexity index is 763. The van der Waals surface area contributed by atoms with Gasteiger partial charge in [0, 0.05) is 11.1 Å². The van der Waals surface area contributed by atoms with Crippen molar-refractivity contribution in [1.82, 2.24) is 5.43 Å². The lowest BCUT2D eigenvalue weighted by atomic mass is 10.0. The van der Waals surface area contributed by atoms with Gasteiger partial charge in [0.2, 0.25) is 0 Å². The van der Waals surface area contributed by atoms with E-state index >= 15 is 0 Å². The Hall–Kier alpha value is -2.72. The van der Waals surface area contributed by atoms with E-state index in [-0.39, 0.29) is 5.91 Å². The van der Waals surface area contributed by atoms with Crippen molar-refractivity contribution in [3.63, 3.8) is 0 Å². The van der Waals surface area contributed by atoms with Gasteiger partial charge in [0.15, 0.2) is 0 Å². The highest BCUT2D eigenvalue weighted by Crippen LogP contribution is 2.19. The molecule has 3 aromatic rings. The predicted molar refractivity (Wildman–Crippen MR) is 91.3 cm³/mol. The second-order valence-corrected chi connectivity index (χ2v) is 5.48. The molecule has 3 rings (SSSR count). The summed E-state index contributed by atoms with van der Waals surface area (Å²) in [7, 11) is 0. The Kier molecular flexibility index (Phi) is 4.41. The number of thiophene rings is 1. The Morgan fingerprint density at radius 1 is 0.955 bits per heavy atom. The van der Waals surface area contributed by atoms with E-state index in [4.69, 9.17) is 0 Å². The summed E-state index contributed by atoms with van der Waals surface area (Å²) in [5.41, 5.74) is 6.31. The molecule has 3 nitrogen and oxygen atoms in total. The van der Waals surface area contributed by atoms with Crippen LogP contribution in [0.5, 0.6) is 0 Å². The van der Waals surface area contributed by atoms with E-state index in [9.17, 15) is 4.79 Å². The molecule has 0 fully saturated rings. The normalized spacial score (nSPS) is 10.7. The minimum Gasteiger partial charge on any atom is -0.267 e. The van der Waals surface area contributed by atoms with Gasteiger partial charge in [-0.05, 0) is 40.1 Å². The van der Waals surface area contributed by atoms with Gasteiger partial charge in [-0.25, -0.2) is 5.43 Å². The van der Waals surface area contributed by atoms with Crippen LogP contribution in [0.25, 0.3) is 11.1 Å². The standard InChI is InChI=1S/C18H14N2OS/c21-18(20-19-12-14-10-11-22-13-14)17-8-6-16(7-9-17)15-4-2-1-3-5-15/h1-13H,(H,20,21)/b19-12-. The van der Waals surface area contributed by atoms with Crippen LogP contribution >= 0.6 is 11.3 Å². The molecule has 1 heterocycles. The molecule has 0 aliphatic rings. The van der Waals surface area contributed by atoms with Gasteiger partial charge in [0.25, 0.3) is 5.91 Å². The van der Waals surface area contributed by atoms with E-state index in [1.54, 1.807) is 29.7 Å². The highest BCUT2D eigenvalue weighted by molar-refractivity contribution is 7.08. The number of rotatable bonds is 4. The number of benzene rings is 2. The maximum Gasteiger partial charge on any atom is 0.271 e. The number of nitrogens with one attached hydrogen (secondary N) is 1. The lowest BCUT2D eigenvalue weighted by Gasteiger charge is -2.03. The first-order chi connectivity index (χ1) is 10.8. The monoisotopic (exact) mass is 306 g/mol. The van der Waals surface area contributed by atoms with Crippen molar-refractivity contribution in [2.75, 3.05) is 0 Å². The Morgan fingerprint density at radius 2 is 1.68 bits per heavy atom. The summed E-state index contributed by atoms with van der Waals surface area (Å²) < 4.78 is 0. The second kappa shape index (κ2) is 6.83. The van der Waals surface area contributed by atoms with Crippen molar-refractivity contribution in [3.05, 3.63) is 82.6 Å². The first-order valence-electron chi connectivity index (χ1n) is 6.84. The minimum atomic E-state index is -0.217. The molecule has 0 saturated heterocycles. The largest absolute Gasteiger partial charge is 0.271 e. The molecular weight excluding hydrogens is 292 g/mol.